The second kappa shape index (κ2) is 9.93. The molecular weight excluding hydrogens is 452 g/mol. The molecule has 3 aromatic rings. The van der Waals surface area contributed by atoms with Crippen LogP contribution in [0, 0.1) is 6.92 Å². The van der Waals surface area contributed by atoms with Crippen LogP contribution in [0.2, 0.25) is 5.02 Å². The highest BCUT2D eigenvalue weighted by atomic mass is 35.5. The average molecular weight is 475 g/mol. The largest absolute Gasteiger partial charge is 0.497 e. The van der Waals surface area contributed by atoms with Crippen LogP contribution in [0.1, 0.15) is 5.56 Å². The van der Waals surface area contributed by atoms with Crippen molar-refractivity contribution < 1.29 is 22.7 Å². The van der Waals surface area contributed by atoms with Gasteiger partial charge in [-0.15, -0.1) is 0 Å². The number of benzene rings is 3. The van der Waals surface area contributed by atoms with Gasteiger partial charge in [0.25, 0.3) is 10.0 Å². The van der Waals surface area contributed by atoms with Gasteiger partial charge in [0.15, 0.2) is 0 Å². The third kappa shape index (κ3) is 5.33. The molecule has 0 fully saturated rings. The molecule has 3 aromatic carbocycles. The number of carbonyl (C=O) groups is 1. The molecule has 32 heavy (non-hydrogen) atoms. The zero-order chi connectivity index (χ0) is 23.3. The van der Waals surface area contributed by atoms with E-state index in [1.807, 2.05) is 6.92 Å². The van der Waals surface area contributed by atoms with Crippen LogP contribution in [0.4, 0.5) is 11.4 Å². The van der Waals surface area contributed by atoms with Crippen molar-refractivity contribution in [3.8, 4) is 11.5 Å². The van der Waals surface area contributed by atoms with Crippen molar-refractivity contribution in [2.45, 2.75) is 11.8 Å². The molecule has 7 nitrogen and oxygen atoms in total. The van der Waals surface area contributed by atoms with Crippen molar-refractivity contribution in [3.05, 3.63) is 77.3 Å². The Bertz CT molecular complexity index is 1200. The van der Waals surface area contributed by atoms with Gasteiger partial charge in [0.1, 0.15) is 18.0 Å². The van der Waals surface area contributed by atoms with Crippen LogP contribution in [0.15, 0.2) is 71.6 Å². The summed E-state index contributed by atoms with van der Waals surface area (Å²) in [6.45, 7) is 1.38. The first-order chi connectivity index (χ1) is 15.2. The molecule has 0 aliphatic rings. The van der Waals surface area contributed by atoms with Crippen molar-refractivity contribution in [2.75, 3.05) is 30.4 Å². The number of methoxy groups -OCH3 is 2. The zero-order valence-corrected chi connectivity index (χ0v) is 19.4. The highest BCUT2D eigenvalue weighted by molar-refractivity contribution is 7.92. The number of aryl methyl sites for hydroxylation is 1. The standard InChI is InChI=1S/C23H23ClN2O5S/c1-16-4-11-20(12-5-16)32(28,29)26(21-14-19(30-2)10-13-22(21)31-3)15-23(27)25-18-8-6-17(24)7-9-18/h4-14H,15H2,1-3H3,(H,25,27). The van der Waals surface area contributed by atoms with Crippen LogP contribution in [-0.2, 0) is 14.8 Å². The maximum absolute atomic E-state index is 13.6. The summed E-state index contributed by atoms with van der Waals surface area (Å²) < 4.78 is 38.8. The van der Waals surface area contributed by atoms with Crippen molar-refractivity contribution in [2.24, 2.45) is 0 Å². The Labute approximate surface area is 192 Å². The quantitative estimate of drug-likeness (QED) is 0.519. The maximum atomic E-state index is 13.6. The highest BCUT2D eigenvalue weighted by Crippen LogP contribution is 2.35. The zero-order valence-electron chi connectivity index (χ0n) is 17.8. The van der Waals surface area contributed by atoms with Crippen LogP contribution >= 0.6 is 11.6 Å². The Morgan fingerprint density at radius 1 is 0.969 bits per heavy atom. The Kier molecular flexibility index (Phi) is 7.27. The van der Waals surface area contributed by atoms with Crippen LogP contribution in [0.3, 0.4) is 0 Å². The number of hydrogen-bond acceptors (Lipinski definition) is 5. The fourth-order valence-corrected chi connectivity index (χ4v) is 4.54. The summed E-state index contributed by atoms with van der Waals surface area (Å²) in [5.74, 6) is 0.164. The van der Waals surface area contributed by atoms with Gasteiger partial charge in [-0.3, -0.25) is 9.10 Å². The Balaban J connectivity index is 2.04. The van der Waals surface area contributed by atoms with E-state index in [0.717, 1.165) is 9.87 Å². The molecule has 168 valence electrons. The molecule has 3 rings (SSSR count). The molecule has 9 heteroatoms. The van der Waals surface area contributed by atoms with Crippen molar-refractivity contribution in [1.82, 2.24) is 0 Å². The van der Waals surface area contributed by atoms with E-state index in [9.17, 15) is 13.2 Å². The molecule has 0 saturated carbocycles. The summed E-state index contributed by atoms with van der Waals surface area (Å²) in [6.07, 6.45) is 0. The number of nitrogens with one attached hydrogen (secondary N) is 1. The van der Waals surface area contributed by atoms with Crippen LogP contribution < -0.4 is 19.1 Å². The van der Waals surface area contributed by atoms with Gasteiger partial charge in [-0.1, -0.05) is 29.3 Å². The van der Waals surface area contributed by atoms with E-state index < -0.39 is 22.5 Å². The first-order valence-corrected chi connectivity index (χ1v) is 11.4. The number of halogens is 1. The fourth-order valence-electron chi connectivity index (χ4n) is 2.99. The minimum atomic E-state index is -4.11. The Hall–Kier alpha value is -3.23. The lowest BCUT2D eigenvalue weighted by atomic mass is 10.2. The van der Waals surface area contributed by atoms with Crippen molar-refractivity contribution in [1.29, 1.82) is 0 Å². The molecule has 0 bridgehead atoms. The number of ether oxygens (including phenoxy) is 2. The molecule has 0 radical (unpaired) electrons. The fraction of sp³-hybridized carbons (Fsp3) is 0.174. The van der Waals surface area contributed by atoms with E-state index in [1.165, 1.54) is 32.4 Å². The van der Waals surface area contributed by atoms with Gasteiger partial charge in [0.05, 0.1) is 24.8 Å². The van der Waals surface area contributed by atoms with E-state index in [0.29, 0.717) is 16.5 Å². The summed E-state index contributed by atoms with van der Waals surface area (Å²) in [4.78, 5) is 12.9. The summed E-state index contributed by atoms with van der Waals surface area (Å²) in [5, 5.41) is 3.21. The van der Waals surface area contributed by atoms with Gasteiger partial charge >= 0.3 is 0 Å². The molecule has 0 spiro atoms. The van der Waals surface area contributed by atoms with Crippen LogP contribution in [-0.4, -0.2) is 35.1 Å². The number of hydrogen-bond donors (Lipinski definition) is 1. The van der Waals surface area contributed by atoms with Gasteiger partial charge < -0.3 is 14.8 Å². The number of amides is 1. The van der Waals surface area contributed by atoms with Crippen molar-refractivity contribution in [3.63, 3.8) is 0 Å². The monoisotopic (exact) mass is 474 g/mol. The molecule has 0 unspecified atom stereocenters. The topological polar surface area (TPSA) is 84.9 Å². The molecule has 1 N–H and O–H groups in total. The van der Waals surface area contributed by atoms with Gasteiger partial charge in [0.2, 0.25) is 5.91 Å². The summed E-state index contributed by atoms with van der Waals surface area (Å²) >= 11 is 5.89. The minimum Gasteiger partial charge on any atom is -0.497 e. The minimum absolute atomic E-state index is 0.0484. The Morgan fingerprint density at radius 3 is 2.22 bits per heavy atom. The van der Waals surface area contributed by atoms with E-state index in [4.69, 9.17) is 21.1 Å². The third-order valence-corrected chi connectivity index (χ3v) is 6.70. The molecule has 0 heterocycles. The molecule has 0 aliphatic carbocycles. The molecule has 0 aromatic heterocycles. The number of rotatable bonds is 8. The predicted octanol–water partition coefficient (Wildman–Crippen LogP) is 4.50. The number of carbonyl (C=O) groups excluding carboxylic acids is 1. The van der Waals surface area contributed by atoms with E-state index in [2.05, 4.69) is 5.32 Å². The molecule has 1 amide bonds. The third-order valence-electron chi connectivity index (χ3n) is 4.68. The molecular formula is C23H23ClN2O5S. The highest BCUT2D eigenvalue weighted by Gasteiger charge is 2.30. The normalized spacial score (nSPS) is 11.0. The van der Waals surface area contributed by atoms with Crippen LogP contribution in [0.5, 0.6) is 11.5 Å². The Morgan fingerprint density at radius 2 is 1.62 bits per heavy atom. The molecule has 0 saturated heterocycles. The van der Waals surface area contributed by atoms with Gasteiger partial charge in [-0.05, 0) is 55.5 Å². The van der Waals surface area contributed by atoms with Crippen LogP contribution in [0.25, 0.3) is 0 Å². The van der Waals surface area contributed by atoms with Gasteiger partial charge in [0, 0.05) is 16.8 Å². The van der Waals surface area contributed by atoms with Crippen molar-refractivity contribution >= 4 is 38.9 Å². The average Bonchev–Trinajstić information content (AvgIpc) is 2.78. The lowest BCUT2D eigenvalue weighted by molar-refractivity contribution is -0.114. The van der Waals surface area contributed by atoms with Gasteiger partial charge in [-0.25, -0.2) is 8.42 Å². The first kappa shape index (κ1) is 23.4. The lowest BCUT2D eigenvalue weighted by Gasteiger charge is -2.26. The first-order valence-electron chi connectivity index (χ1n) is 9.61. The van der Waals surface area contributed by atoms with E-state index >= 15 is 0 Å². The maximum Gasteiger partial charge on any atom is 0.264 e. The van der Waals surface area contributed by atoms with E-state index in [1.54, 1.807) is 48.5 Å². The SMILES string of the molecule is COc1ccc(OC)c(N(CC(=O)Nc2ccc(Cl)cc2)S(=O)(=O)c2ccc(C)cc2)c1. The second-order valence-corrected chi connectivity index (χ2v) is 9.22. The number of nitrogens with zero attached hydrogens (tertiary/aromatic N) is 1. The smallest absolute Gasteiger partial charge is 0.264 e. The summed E-state index contributed by atoms with van der Waals surface area (Å²) in [7, 11) is -1.21. The number of anilines is 2. The second-order valence-electron chi connectivity index (χ2n) is 6.92. The van der Waals surface area contributed by atoms with Gasteiger partial charge in [-0.2, -0.15) is 0 Å². The predicted molar refractivity (Wildman–Crippen MR) is 125 cm³/mol. The summed E-state index contributed by atoms with van der Waals surface area (Å²) in [5.41, 5.74) is 1.58. The lowest BCUT2D eigenvalue weighted by Crippen LogP contribution is -2.38. The summed E-state index contributed by atoms with van der Waals surface area (Å²) in [6, 6.07) is 17.7. The van der Waals surface area contributed by atoms with E-state index in [-0.39, 0.29) is 16.3 Å². The number of sulfonamides is 1. The molecule has 0 atom stereocenters. The molecule has 0 aliphatic heterocycles.